The lowest BCUT2D eigenvalue weighted by molar-refractivity contribution is -0.137. The van der Waals surface area contributed by atoms with Crippen LogP contribution in [0.25, 0.3) is 17.0 Å². The van der Waals surface area contributed by atoms with Gasteiger partial charge in [0.1, 0.15) is 47.9 Å². The standard InChI is InChI=1S/C31H36O9/c1-5-8-24-27(13-11-22(19(4)32)30(24)36)38-17-20(33)18-39-28-14-12-23-26(34)16-21(10-15-29(35)37-7-3)40-31(23)25(28)9-6-2/h10-16,20,33,36H,5-9,17-18H2,1-4H3. The molecular weight excluding hydrogens is 516 g/mol. The van der Waals surface area contributed by atoms with Gasteiger partial charge < -0.3 is 28.8 Å². The molecule has 9 heteroatoms. The number of fused-ring (bicyclic) bond motifs is 1. The number of phenolic OH excluding ortho intramolecular Hbond substituents is 1. The van der Waals surface area contributed by atoms with E-state index in [2.05, 4.69) is 0 Å². The van der Waals surface area contributed by atoms with Crippen molar-refractivity contribution >= 4 is 28.8 Å². The van der Waals surface area contributed by atoms with Gasteiger partial charge in [0, 0.05) is 23.3 Å². The van der Waals surface area contributed by atoms with Crippen molar-refractivity contribution in [3.05, 3.63) is 69.1 Å². The van der Waals surface area contributed by atoms with Crippen molar-refractivity contribution in [2.45, 2.75) is 59.5 Å². The number of hydrogen-bond donors (Lipinski definition) is 2. The molecule has 0 saturated heterocycles. The molecule has 0 aliphatic carbocycles. The summed E-state index contributed by atoms with van der Waals surface area (Å²) in [4.78, 5) is 36.2. The molecule has 0 fully saturated rings. The molecule has 2 aromatic carbocycles. The summed E-state index contributed by atoms with van der Waals surface area (Å²) < 4.78 is 22.6. The van der Waals surface area contributed by atoms with Crippen LogP contribution in [0.1, 0.15) is 67.8 Å². The van der Waals surface area contributed by atoms with Crippen molar-refractivity contribution in [1.29, 1.82) is 0 Å². The Balaban J connectivity index is 1.79. The highest BCUT2D eigenvalue weighted by Gasteiger charge is 2.18. The Morgan fingerprint density at radius 2 is 1.60 bits per heavy atom. The van der Waals surface area contributed by atoms with Gasteiger partial charge in [0.2, 0.25) is 0 Å². The van der Waals surface area contributed by atoms with E-state index in [1.807, 2.05) is 13.8 Å². The van der Waals surface area contributed by atoms with E-state index in [-0.39, 0.29) is 48.1 Å². The number of aryl methyl sites for hydroxylation is 1. The lowest BCUT2D eigenvalue weighted by Gasteiger charge is -2.18. The molecule has 0 amide bonds. The number of carbonyl (C=O) groups excluding carboxylic acids is 2. The van der Waals surface area contributed by atoms with Gasteiger partial charge in [-0.1, -0.05) is 26.7 Å². The fourth-order valence-electron chi connectivity index (χ4n) is 4.27. The summed E-state index contributed by atoms with van der Waals surface area (Å²) in [6.45, 7) is 7.04. The number of aromatic hydroxyl groups is 1. The van der Waals surface area contributed by atoms with E-state index in [0.717, 1.165) is 12.8 Å². The Morgan fingerprint density at radius 3 is 2.23 bits per heavy atom. The van der Waals surface area contributed by atoms with E-state index in [9.17, 15) is 24.6 Å². The third kappa shape index (κ3) is 7.51. The Morgan fingerprint density at radius 1 is 0.975 bits per heavy atom. The summed E-state index contributed by atoms with van der Waals surface area (Å²) >= 11 is 0. The second kappa shape index (κ2) is 14.3. The molecular formula is C31H36O9. The number of ketones is 1. The van der Waals surface area contributed by atoms with Crippen LogP contribution in [0, 0.1) is 0 Å². The maximum absolute atomic E-state index is 12.7. The lowest BCUT2D eigenvalue weighted by atomic mass is 10.0. The largest absolute Gasteiger partial charge is 0.507 e. The molecule has 1 heterocycles. The molecule has 0 saturated carbocycles. The van der Waals surface area contributed by atoms with Gasteiger partial charge >= 0.3 is 5.97 Å². The van der Waals surface area contributed by atoms with Gasteiger partial charge in [-0.25, -0.2) is 4.79 Å². The molecule has 1 atom stereocenters. The molecule has 214 valence electrons. The molecule has 0 radical (unpaired) electrons. The Hall–Kier alpha value is -4.11. The average Bonchev–Trinajstić information content (AvgIpc) is 2.92. The van der Waals surface area contributed by atoms with Crippen LogP contribution in [0.4, 0.5) is 0 Å². The first kappa shape index (κ1) is 30.4. The van der Waals surface area contributed by atoms with Crippen LogP contribution in [0.5, 0.6) is 17.2 Å². The number of Topliss-reactive ketones (excluding diaryl/α,β-unsaturated/α-hetero) is 1. The highest BCUT2D eigenvalue weighted by molar-refractivity contribution is 5.97. The van der Waals surface area contributed by atoms with E-state index < -0.39 is 12.1 Å². The molecule has 3 aromatic rings. The van der Waals surface area contributed by atoms with Gasteiger partial charge in [-0.05, 0) is 57.0 Å². The number of ether oxygens (including phenoxy) is 3. The minimum Gasteiger partial charge on any atom is -0.507 e. The zero-order chi connectivity index (χ0) is 29.2. The fourth-order valence-corrected chi connectivity index (χ4v) is 4.27. The summed E-state index contributed by atoms with van der Waals surface area (Å²) in [5.41, 5.74) is 1.51. The topological polar surface area (TPSA) is 132 Å². The van der Waals surface area contributed by atoms with E-state index >= 15 is 0 Å². The molecule has 0 aliphatic rings. The number of hydrogen-bond acceptors (Lipinski definition) is 9. The minimum atomic E-state index is -1.01. The predicted octanol–water partition coefficient (Wildman–Crippen LogP) is 5.00. The molecule has 0 spiro atoms. The van der Waals surface area contributed by atoms with Crippen LogP contribution in [0.2, 0.25) is 0 Å². The normalized spacial score (nSPS) is 12.0. The molecule has 3 rings (SSSR count). The van der Waals surface area contributed by atoms with Crippen LogP contribution in [-0.2, 0) is 22.4 Å². The number of benzene rings is 2. The molecule has 1 aromatic heterocycles. The van der Waals surface area contributed by atoms with Crippen molar-refractivity contribution in [3.8, 4) is 17.2 Å². The van der Waals surface area contributed by atoms with Crippen molar-refractivity contribution < 1.29 is 38.4 Å². The number of aliphatic hydroxyl groups excluding tert-OH is 1. The van der Waals surface area contributed by atoms with Gasteiger partial charge in [-0.15, -0.1) is 0 Å². The van der Waals surface area contributed by atoms with E-state index in [1.165, 1.54) is 31.2 Å². The third-order valence-corrected chi connectivity index (χ3v) is 6.13. The third-order valence-electron chi connectivity index (χ3n) is 6.13. The van der Waals surface area contributed by atoms with Crippen LogP contribution in [-0.4, -0.2) is 47.9 Å². The molecule has 40 heavy (non-hydrogen) atoms. The smallest absolute Gasteiger partial charge is 0.330 e. The van der Waals surface area contributed by atoms with Gasteiger partial charge in [-0.2, -0.15) is 0 Å². The fraction of sp³-hybridized carbons (Fsp3) is 0.387. The van der Waals surface area contributed by atoms with Crippen molar-refractivity contribution in [2.75, 3.05) is 19.8 Å². The first-order valence-electron chi connectivity index (χ1n) is 13.4. The summed E-state index contributed by atoms with van der Waals surface area (Å²) in [5, 5.41) is 21.5. The minimum absolute atomic E-state index is 0.101. The highest BCUT2D eigenvalue weighted by atomic mass is 16.5. The molecule has 0 bridgehead atoms. The molecule has 1 unspecified atom stereocenters. The van der Waals surface area contributed by atoms with E-state index in [1.54, 1.807) is 25.1 Å². The number of aliphatic hydroxyl groups is 1. The van der Waals surface area contributed by atoms with Gasteiger partial charge in [0.25, 0.3) is 0 Å². The summed E-state index contributed by atoms with van der Waals surface area (Å²) in [6.07, 6.45) is 4.10. The predicted molar refractivity (Wildman–Crippen MR) is 151 cm³/mol. The lowest BCUT2D eigenvalue weighted by Crippen LogP contribution is -2.25. The SMILES string of the molecule is CCCc1c(OCC(O)COc2ccc3c(=O)cc(C=CC(=O)OCC)oc3c2CCC)ccc(C(C)=O)c1O. The first-order chi connectivity index (χ1) is 19.2. The number of rotatable bonds is 14. The number of carbonyl (C=O) groups is 2. The van der Waals surface area contributed by atoms with Crippen LogP contribution < -0.4 is 14.9 Å². The average molecular weight is 553 g/mol. The van der Waals surface area contributed by atoms with Crippen molar-refractivity contribution in [1.82, 2.24) is 0 Å². The maximum Gasteiger partial charge on any atom is 0.330 e. The summed E-state index contributed by atoms with van der Waals surface area (Å²) in [5.74, 6) is 0.167. The maximum atomic E-state index is 12.7. The van der Waals surface area contributed by atoms with Gasteiger partial charge in [0.15, 0.2) is 11.2 Å². The van der Waals surface area contributed by atoms with Crippen LogP contribution in [0.3, 0.4) is 0 Å². The number of phenols is 1. The van der Waals surface area contributed by atoms with Gasteiger partial charge in [-0.3, -0.25) is 9.59 Å². The van der Waals surface area contributed by atoms with Crippen molar-refractivity contribution in [2.24, 2.45) is 0 Å². The second-order valence-corrected chi connectivity index (χ2v) is 9.29. The van der Waals surface area contributed by atoms with Crippen molar-refractivity contribution in [3.63, 3.8) is 0 Å². The summed E-state index contributed by atoms with van der Waals surface area (Å²) in [7, 11) is 0. The zero-order valence-electron chi connectivity index (χ0n) is 23.3. The monoisotopic (exact) mass is 552 g/mol. The number of esters is 1. The molecule has 0 aliphatic heterocycles. The Labute approximate surface area is 233 Å². The van der Waals surface area contributed by atoms with Crippen LogP contribution in [0.15, 0.2) is 45.6 Å². The quantitative estimate of drug-likeness (QED) is 0.161. The first-order valence-corrected chi connectivity index (χ1v) is 13.4. The van der Waals surface area contributed by atoms with E-state index in [4.69, 9.17) is 18.6 Å². The molecule has 2 N–H and O–H groups in total. The second-order valence-electron chi connectivity index (χ2n) is 9.29. The van der Waals surface area contributed by atoms with E-state index in [0.29, 0.717) is 46.4 Å². The zero-order valence-corrected chi connectivity index (χ0v) is 23.3. The van der Waals surface area contributed by atoms with Crippen LogP contribution >= 0.6 is 0 Å². The molecule has 9 nitrogen and oxygen atoms in total. The Kier molecular flexibility index (Phi) is 10.9. The highest BCUT2D eigenvalue weighted by Crippen LogP contribution is 2.33. The van der Waals surface area contributed by atoms with Gasteiger partial charge in [0.05, 0.1) is 17.6 Å². The summed E-state index contributed by atoms with van der Waals surface area (Å²) in [6, 6.07) is 7.71. The Bertz CT molecular complexity index is 1430.